The van der Waals surface area contributed by atoms with Crippen molar-refractivity contribution in [1.82, 2.24) is 15.3 Å². The van der Waals surface area contributed by atoms with E-state index in [0.717, 1.165) is 51.7 Å². The van der Waals surface area contributed by atoms with E-state index >= 15 is 0 Å². The number of aliphatic carboxylic acids is 1. The molecule has 1 aliphatic heterocycles. The van der Waals surface area contributed by atoms with Crippen LogP contribution in [0.2, 0.25) is 0 Å². The molecule has 0 unspecified atom stereocenters. The molecule has 1 amide bonds. The highest BCUT2D eigenvalue weighted by molar-refractivity contribution is 5.97. The fourth-order valence-electron chi connectivity index (χ4n) is 3.26. The molecular formula is C24H22F3N3O5. The maximum Gasteiger partial charge on any atom is 0.490 e. The van der Waals surface area contributed by atoms with Crippen LogP contribution >= 0.6 is 0 Å². The van der Waals surface area contributed by atoms with Crippen molar-refractivity contribution in [2.45, 2.75) is 12.6 Å². The first-order valence-corrected chi connectivity index (χ1v) is 10.3. The van der Waals surface area contributed by atoms with Gasteiger partial charge in [0.1, 0.15) is 11.5 Å². The summed E-state index contributed by atoms with van der Waals surface area (Å²) in [6.45, 7) is 0.667. The number of hydrogen-bond donors (Lipinski definition) is 3. The van der Waals surface area contributed by atoms with Gasteiger partial charge in [-0.05, 0) is 42.0 Å². The molecule has 3 N–H and O–H groups in total. The first-order chi connectivity index (χ1) is 16.6. The van der Waals surface area contributed by atoms with E-state index in [-0.39, 0.29) is 5.91 Å². The molecule has 11 heteroatoms. The number of carboxylic acids is 1. The van der Waals surface area contributed by atoms with Gasteiger partial charge in [0.05, 0.1) is 25.5 Å². The van der Waals surface area contributed by atoms with Gasteiger partial charge in [0.15, 0.2) is 0 Å². The average molecular weight is 489 g/mol. The average Bonchev–Trinajstić information content (AvgIpc) is 3.28. The van der Waals surface area contributed by atoms with Gasteiger partial charge in [-0.25, -0.2) is 4.79 Å². The van der Waals surface area contributed by atoms with E-state index in [9.17, 15) is 18.0 Å². The number of fused-ring (bicyclic) bond motifs is 1. The molecule has 1 aliphatic rings. The summed E-state index contributed by atoms with van der Waals surface area (Å²) in [5, 5.41) is 9.99. The fourth-order valence-corrected chi connectivity index (χ4v) is 3.26. The maximum absolute atomic E-state index is 12.0. The van der Waals surface area contributed by atoms with Crippen LogP contribution in [-0.4, -0.2) is 53.9 Å². The van der Waals surface area contributed by atoms with Gasteiger partial charge in [0.2, 0.25) is 0 Å². The van der Waals surface area contributed by atoms with Crippen molar-refractivity contribution in [3.8, 4) is 22.8 Å². The van der Waals surface area contributed by atoms with Gasteiger partial charge >= 0.3 is 12.1 Å². The van der Waals surface area contributed by atoms with Crippen molar-refractivity contribution in [3.05, 3.63) is 65.1 Å². The molecule has 2 aromatic heterocycles. The largest absolute Gasteiger partial charge is 0.497 e. The Kier molecular flexibility index (Phi) is 7.80. The van der Waals surface area contributed by atoms with E-state index < -0.39 is 12.1 Å². The van der Waals surface area contributed by atoms with E-state index in [2.05, 4.69) is 15.3 Å². The zero-order valence-corrected chi connectivity index (χ0v) is 18.8. The second-order valence-electron chi connectivity index (χ2n) is 7.33. The lowest BCUT2D eigenvalue weighted by Gasteiger charge is -2.10. The monoisotopic (exact) mass is 489 g/mol. The Morgan fingerprint density at radius 1 is 1.09 bits per heavy atom. The number of nitrogens with one attached hydrogen (secondary N) is 2. The smallest absolute Gasteiger partial charge is 0.490 e. The summed E-state index contributed by atoms with van der Waals surface area (Å²) in [5.41, 5.74) is 5.38. The second-order valence-corrected chi connectivity index (χ2v) is 7.33. The van der Waals surface area contributed by atoms with Gasteiger partial charge < -0.3 is 24.9 Å². The van der Waals surface area contributed by atoms with Crippen molar-refractivity contribution in [1.29, 1.82) is 0 Å². The van der Waals surface area contributed by atoms with Gasteiger partial charge in [-0.1, -0.05) is 6.08 Å². The summed E-state index contributed by atoms with van der Waals surface area (Å²) in [6.07, 6.45) is 1.40. The summed E-state index contributed by atoms with van der Waals surface area (Å²) < 4.78 is 42.4. The number of benzene rings is 1. The second kappa shape index (κ2) is 10.8. The molecule has 0 saturated carbocycles. The number of aromatic nitrogens is 2. The van der Waals surface area contributed by atoms with Gasteiger partial charge in [-0.2, -0.15) is 13.2 Å². The Balaban J connectivity index is 0.000000429. The number of halogens is 3. The number of aromatic amines is 1. The lowest BCUT2D eigenvalue weighted by Crippen LogP contribution is -2.31. The number of amides is 1. The van der Waals surface area contributed by atoms with Crippen LogP contribution in [0.4, 0.5) is 13.2 Å². The molecule has 3 heterocycles. The van der Waals surface area contributed by atoms with Gasteiger partial charge in [0.25, 0.3) is 5.91 Å². The summed E-state index contributed by atoms with van der Waals surface area (Å²) >= 11 is 0. The molecule has 0 saturated heterocycles. The zero-order valence-electron chi connectivity index (χ0n) is 18.8. The number of alkyl halides is 3. The summed E-state index contributed by atoms with van der Waals surface area (Å²) in [5.74, 6) is -1.32. The Labute approximate surface area is 198 Å². The van der Waals surface area contributed by atoms with Gasteiger partial charge in [-0.3, -0.25) is 9.78 Å². The molecule has 0 fully saturated rings. The molecular weight excluding hydrogens is 467 g/mol. The topological polar surface area (TPSA) is 114 Å². The maximum atomic E-state index is 12.0. The highest BCUT2D eigenvalue weighted by atomic mass is 19.4. The van der Waals surface area contributed by atoms with Crippen LogP contribution in [-0.2, 0) is 11.2 Å². The molecule has 0 radical (unpaired) electrons. The van der Waals surface area contributed by atoms with E-state index in [0.29, 0.717) is 6.54 Å². The van der Waals surface area contributed by atoms with Crippen molar-refractivity contribution in [2.24, 2.45) is 0 Å². The van der Waals surface area contributed by atoms with Crippen LogP contribution in [0.1, 0.15) is 27.3 Å². The summed E-state index contributed by atoms with van der Waals surface area (Å²) in [4.78, 5) is 28.7. The van der Waals surface area contributed by atoms with E-state index in [4.69, 9.17) is 19.4 Å². The predicted molar refractivity (Wildman–Crippen MR) is 122 cm³/mol. The van der Waals surface area contributed by atoms with Crippen LogP contribution in [0.25, 0.3) is 23.4 Å². The number of H-pyrrole nitrogens is 1. The molecule has 1 aromatic carbocycles. The molecule has 4 rings (SSSR count). The SMILES string of the molecule is COc1cc(/C=C/c2cc(-c3cc4c([nH]3)CCNC4=O)ccn2)cc(OC)c1.O=C(O)C(F)(F)F. The van der Waals surface area contributed by atoms with Crippen LogP contribution in [0.3, 0.4) is 0 Å². The van der Waals surface area contributed by atoms with E-state index in [1.54, 1.807) is 20.4 Å². The zero-order chi connectivity index (χ0) is 25.6. The third-order valence-corrected chi connectivity index (χ3v) is 4.96. The van der Waals surface area contributed by atoms with Crippen LogP contribution in [0.15, 0.2) is 42.6 Å². The number of carbonyl (C=O) groups excluding carboxylic acids is 1. The number of nitrogens with zero attached hydrogens (tertiary/aromatic N) is 1. The molecule has 0 spiro atoms. The minimum absolute atomic E-state index is 0.0232. The molecule has 0 bridgehead atoms. The Morgan fingerprint density at radius 3 is 2.31 bits per heavy atom. The lowest BCUT2D eigenvalue weighted by molar-refractivity contribution is -0.192. The Bertz CT molecular complexity index is 1230. The third-order valence-electron chi connectivity index (χ3n) is 4.96. The summed E-state index contributed by atoms with van der Waals surface area (Å²) in [7, 11) is 3.26. The number of ether oxygens (including phenoxy) is 2. The molecule has 8 nitrogen and oxygen atoms in total. The van der Waals surface area contributed by atoms with Gasteiger partial charge in [0, 0.05) is 42.2 Å². The first-order valence-electron chi connectivity index (χ1n) is 10.3. The fraction of sp³-hybridized carbons (Fsp3) is 0.208. The summed E-state index contributed by atoms with van der Waals surface area (Å²) in [6, 6.07) is 11.5. The van der Waals surface area contributed by atoms with Crippen molar-refractivity contribution in [3.63, 3.8) is 0 Å². The first kappa shape index (κ1) is 25.3. The van der Waals surface area contributed by atoms with E-state index in [1.807, 2.05) is 48.6 Å². The van der Waals surface area contributed by atoms with E-state index in [1.165, 1.54) is 0 Å². The highest BCUT2D eigenvalue weighted by Gasteiger charge is 2.38. The number of carboxylic acid groups (broad SMARTS) is 1. The number of methoxy groups -OCH3 is 2. The number of rotatable bonds is 5. The minimum atomic E-state index is -5.08. The predicted octanol–water partition coefficient (Wildman–Crippen LogP) is 4.18. The van der Waals surface area contributed by atoms with Crippen LogP contribution < -0.4 is 14.8 Å². The number of carbonyl (C=O) groups is 2. The van der Waals surface area contributed by atoms with Crippen molar-refractivity contribution < 1.29 is 37.3 Å². The number of pyridine rings is 1. The van der Waals surface area contributed by atoms with Crippen LogP contribution in [0, 0.1) is 0 Å². The normalized spacial score (nSPS) is 12.9. The van der Waals surface area contributed by atoms with Crippen molar-refractivity contribution >= 4 is 24.0 Å². The molecule has 35 heavy (non-hydrogen) atoms. The lowest BCUT2D eigenvalue weighted by atomic mass is 10.1. The molecule has 3 aromatic rings. The highest BCUT2D eigenvalue weighted by Crippen LogP contribution is 2.26. The standard InChI is InChI=1S/C22H21N3O3.C2HF3O2/c1-27-17-9-14(10-18(12-17)28-2)3-4-16-11-15(5-7-23-16)21-13-19-20(25-21)6-8-24-22(19)26;3-2(4,5)1(6)7/h3-5,7,9-13,25H,6,8H2,1-2H3,(H,24,26);(H,6,7)/b4-3+;. The molecule has 184 valence electrons. The molecule has 0 aliphatic carbocycles. The van der Waals surface area contributed by atoms with Crippen LogP contribution in [0.5, 0.6) is 11.5 Å². The number of hydrogen-bond acceptors (Lipinski definition) is 5. The minimum Gasteiger partial charge on any atom is -0.497 e. The third kappa shape index (κ3) is 6.62. The van der Waals surface area contributed by atoms with Gasteiger partial charge in [-0.15, -0.1) is 0 Å². The quantitative estimate of drug-likeness (QED) is 0.496. The Hall–Kier alpha value is -4.28. The van der Waals surface area contributed by atoms with Crippen molar-refractivity contribution in [2.75, 3.05) is 20.8 Å². The molecule has 0 atom stereocenters. The Morgan fingerprint density at radius 2 is 1.74 bits per heavy atom.